The summed E-state index contributed by atoms with van der Waals surface area (Å²) in [5, 5.41) is 11.6. The summed E-state index contributed by atoms with van der Waals surface area (Å²) in [6, 6.07) is 0. The number of nitrogens with two attached hydrogens (primary N) is 1. The van der Waals surface area contributed by atoms with Crippen molar-refractivity contribution in [3.8, 4) is 95.2 Å². The summed E-state index contributed by atoms with van der Waals surface area (Å²) >= 11 is 0. The third-order valence-electron chi connectivity index (χ3n) is 4.21. The normalized spacial score (nSPS) is 10.4. The van der Waals surface area contributed by atoms with Gasteiger partial charge in [0.05, 0.1) is 18.4 Å². The average molecular weight is 467 g/mol. The molecule has 0 aliphatic heterocycles. The molecular weight excluding hydrogens is 440 g/mol. The fourth-order valence-electron chi connectivity index (χ4n) is 2.73. The number of terminal acetylenes is 1. The highest BCUT2D eigenvalue weighted by Gasteiger charge is 2.38. The Balaban J connectivity index is 5.50. The van der Waals surface area contributed by atoms with Gasteiger partial charge in [0, 0.05) is 19.0 Å². The lowest BCUT2D eigenvalue weighted by Crippen LogP contribution is -2.42. The second kappa shape index (κ2) is 21.2. The van der Waals surface area contributed by atoms with Gasteiger partial charge in [-0.05, 0) is 95.7 Å². The highest BCUT2D eigenvalue weighted by Crippen LogP contribution is 2.28. The number of nitrogens with one attached hydrogen (secondary N) is 1. The molecule has 0 aromatic heterocycles. The van der Waals surface area contributed by atoms with Crippen molar-refractivity contribution in [3.63, 3.8) is 0 Å². The van der Waals surface area contributed by atoms with E-state index in [0.29, 0.717) is 12.8 Å². The lowest BCUT2D eigenvalue weighted by atomic mass is 9.78. The third-order valence-corrected chi connectivity index (χ3v) is 4.21. The van der Waals surface area contributed by atoms with Crippen LogP contribution in [0.2, 0.25) is 0 Å². The van der Waals surface area contributed by atoms with Crippen LogP contribution in [0.15, 0.2) is 0 Å². The van der Waals surface area contributed by atoms with Crippen molar-refractivity contribution in [3.05, 3.63) is 0 Å². The Morgan fingerprint density at radius 3 is 1.83 bits per heavy atom. The molecule has 0 bridgehead atoms. The van der Waals surface area contributed by atoms with E-state index >= 15 is 0 Å². The van der Waals surface area contributed by atoms with E-state index in [2.05, 4.69) is 94.1 Å². The van der Waals surface area contributed by atoms with E-state index in [1.54, 1.807) is 6.92 Å². The van der Waals surface area contributed by atoms with Crippen LogP contribution in [0.25, 0.3) is 0 Å². The highest BCUT2D eigenvalue weighted by atomic mass is 16.5. The molecule has 0 fully saturated rings. The number of rotatable bonds is 10. The summed E-state index contributed by atoms with van der Waals surface area (Å²) in [5.74, 6) is 34.7. The molecule has 0 aromatic rings. The van der Waals surface area contributed by atoms with Crippen molar-refractivity contribution in [2.75, 3.05) is 26.3 Å². The summed E-state index contributed by atoms with van der Waals surface area (Å²) in [5.41, 5.74) is 5.44. The first-order valence-electron chi connectivity index (χ1n) is 10.8. The maximum atomic E-state index is 12.7. The molecule has 1 amide bonds. The number of carbonyl (C=O) groups is 2. The van der Waals surface area contributed by atoms with Crippen LogP contribution in [0, 0.1) is 113 Å². The van der Waals surface area contributed by atoms with E-state index < -0.39 is 23.7 Å². The zero-order valence-corrected chi connectivity index (χ0v) is 19.8. The van der Waals surface area contributed by atoms with E-state index in [9.17, 15) is 9.59 Å². The van der Waals surface area contributed by atoms with Crippen LogP contribution in [0.3, 0.4) is 0 Å². The lowest BCUT2D eigenvalue weighted by molar-refractivity contribution is -0.154. The minimum atomic E-state index is -0.805. The van der Waals surface area contributed by atoms with Gasteiger partial charge in [-0.15, -0.1) is 6.42 Å². The molecule has 4 N–H and O–H groups in total. The summed E-state index contributed by atoms with van der Waals surface area (Å²) in [6.07, 6.45) is 5.83. The van der Waals surface area contributed by atoms with E-state index in [0.717, 1.165) is 0 Å². The summed E-state index contributed by atoms with van der Waals surface area (Å²) in [6.45, 7) is 3.76. The Morgan fingerprint density at radius 2 is 1.40 bits per heavy atom. The van der Waals surface area contributed by atoms with Gasteiger partial charge in [-0.1, -0.05) is 19.8 Å². The molecule has 0 saturated carbocycles. The molecule has 0 aliphatic rings. The van der Waals surface area contributed by atoms with Gasteiger partial charge in [0.15, 0.2) is 0 Å². The Labute approximate surface area is 208 Å². The first kappa shape index (κ1) is 30.3. The molecule has 0 spiro atoms. The number of carbonyl (C=O) groups excluding carboxylic acids is 2. The first-order valence-corrected chi connectivity index (χ1v) is 10.8. The van der Waals surface area contributed by atoms with Gasteiger partial charge < -0.3 is 20.9 Å². The van der Waals surface area contributed by atoms with Crippen LogP contribution in [-0.4, -0.2) is 43.3 Å². The van der Waals surface area contributed by atoms with E-state index in [1.165, 1.54) is 0 Å². The van der Waals surface area contributed by atoms with Crippen LogP contribution in [-0.2, 0) is 14.3 Å². The quantitative estimate of drug-likeness (QED) is 0.309. The molecule has 3 unspecified atom stereocenters. The smallest absolute Gasteiger partial charge is 0.311 e. The summed E-state index contributed by atoms with van der Waals surface area (Å²) in [4.78, 5) is 25.3. The predicted octanol–water partition coefficient (Wildman–Crippen LogP) is -0.0776. The Morgan fingerprint density at radius 1 is 0.886 bits per heavy atom. The molecule has 3 atom stereocenters. The third kappa shape index (κ3) is 14.2. The number of hydrogen-bond donors (Lipinski definition) is 3. The Hall–Kier alpha value is -4.66. The van der Waals surface area contributed by atoms with E-state index in [1.807, 2.05) is 6.92 Å². The van der Waals surface area contributed by atoms with Crippen LogP contribution in [0.5, 0.6) is 0 Å². The summed E-state index contributed by atoms with van der Waals surface area (Å²) < 4.78 is 5.23. The molecule has 0 heterocycles. The highest BCUT2D eigenvalue weighted by molar-refractivity contribution is 5.85. The largest absolute Gasteiger partial charge is 0.464 e. The Bertz CT molecular complexity index is 1210. The average Bonchev–Trinajstić information content (AvgIpc) is 2.87. The second-order valence-electron chi connectivity index (χ2n) is 6.44. The van der Waals surface area contributed by atoms with Crippen LogP contribution >= 0.6 is 0 Å². The fraction of sp³-hybridized carbons (Fsp3) is 0.379. The predicted molar refractivity (Wildman–Crippen MR) is 134 cm³/mol. The number of aliphatic hydroxyl groups excluding tert-OH is 1. The topological polar surface area (TPSA) is 102 Å². The van der Waals surface area contributed by atoms with E-state index in [4.69, 9.17) is 22.0 Å². The van der Waals surface area contributed by atoms with Crippen molar-refractivity contribution in [1.29, 1.82) is 0 Å². The van der Waals surface area contributed by atoms with Crippen molar-refractivity contribution >= 4 is 11.9 Å². The van der Waals surface area contributed by atoms with Crippen molar-refractivity contribution < 1.29 is 19.4 Å². The number of esters is 1. The van der Waals surface area contributed by atoms with Gasteiger partial charge in [-0.3, -0.25) is 9.59 Å². The van der Waals surface area contributed by atoms with Gasteiger partial charge in [0.1, 0.15) is 6.61 Å². The molecule has 0 rings (SSSR count). The molecule has 0 aliphatic carbocycles. The minimum absolute atomic E-state index is 0.0428. The monoisotopic (exact) mass is 466 g/mol. The minimum Gasteiger partial charge on any atom is -0.464 e. The first-order chi connectivity index (χ1) is 17.1. The maximum absolute atomic E-state index is 12.7. The Kier molecular flexibility index (Phi) is 18.4. The molecule has 0 radical (unpaired) electrons. The number of aliphatic hydroxyl groups is 1. The van der Waals surface area contributed by atoms with Gasteiger partial charge in [0.2, 0.25) is 5.91 Å². The van der Waals surface area contributed by atoms with Crippen LogP contribution in [0.1, 0.15) is 26.7 Å². The van der Waals surface area contributed by atoms with Crippen molar-refractivity contribution in [1.82, 2.24) is 5.32 Å². The SMILES string of the molecule is C#CC#CC#CC#CC#CC#CC#CC#CC(CC)C(C(=O)OCCN)C(CC)C(=O)NCCO. The molecule has 6 heteroatoms. The molecule has 176 valence electrons. The van der Waals surface area contributed by atoms with E-state index in [-0.39, 0.29) is 32.2 Å². The van der Waals surface area contributed by atoms with Gasteiger partial charge >= 0.3 is 5.97 Å². The zero-order valence-electron chi connectivity index (χ0n) is 19.8. The van der Waals surface area contributed by atoms with Crippen molar-refractivity contribution in [2.45, 2.75) is 26.7 Å². The van der Waals surface area contributed by atoms with Crippen molar-refractivity contribution in [2.24, 2.45) is 23.5 Å². The van der Waals surface area contributed by atoms with Gasteiger partial charge in [-0.25, -0.2) is 0 Å². The molecular formula is C29H26N2O4. The number of amides is 1. The molecule has 0 saturated heterocycles. The number of hydrogen-bond acceptors (Lipinski definition) is 5. The lowest BCUT2D eigenvalue weighted by Gasteiger charge is -2.27. The molecule has 35 heavy (non-hydrogen) atoms. The van der Waals surface area contributed by atoms with Crippen LogP contribution < -0.4 is 11.1 Å². The standard InChI is InChI=1S/C29H26N2O4/c1-4-7-8-9-10-11-12-13-14-15-16-17-18-19-20-25(5-2)27(29(34)35-24-21-30)26(6-3)28(33)31-22-23-32/h1,25-27,32H,5-6,21-24,30H2,2-3H3,(H,31,33). The van der Waals surface area contributed by atoms with Crippen LogP contribution in [0.4, 0.5) is 0 Å². The maximum Gasteiger partial charge on any atom is 0.311 e. The molecule has 0 aromatic carbocycles. The number of ether oxygens (including phenoxy) is 1. The zero-order chi connectivity index (χ0) is 26.2. The second-order valence-corrected chi connectivity index (χ2v) is 6.44. The summed E-state index contributed by atoms with van der Waals surface area (Å²) in [7, 11) is 0. The fourth-order valence-corrected chi connectivity index (χ4v) is 2.73. The molecule has 6 nitrogen and oxygen atoms in total. The van der Waals surface area contributed by atoms with Gasteiger partial charge in [0.25, 0.3) is 0 Å². The van der Waals surface area contributed by atoms with Gasteiger partial charge in [-0.2, -0.15) is 0 Å².